The topological polar surface area (TPSA) is 46.9 Å². The lowest BCUT2D eigenvalue weighted by Crippen LogP contribution is -2.25. The molecule has 0 saturated carbocycles. The van der Waals surface area contributed by atoms with Crippen LogP contribution in [0.3, 0.4) is 0 Å². The second-order valence-electron chi connectivity index (χ2n) is 4.39. The first-order valence-corrected chi connectivity index (χ1v) is 7.94. The number of rotatable bonds is 6. The van der Waals surface area contributed by atoms with Crippen LogP contribution in [-0.2, 0) is 6.54 Å². The average molecular weight is 401 g/mol. The molecular weight excluding hydrogens is 386 g/mol. The Labute approximate surface area is 134 Å². The van der Waals surface area contributed by atoms with Gasteiger partial charge in [0.25, 0.3) is 5.91 Å². The second kappa shape index (κ2) is 7.59. The van der Waals surface area contributed by atoms with Crippen molar-refractivity contribution in [2.45, 2.75) is 19.4 Å². The quantitative estimate of drug-likeness (QED) is 0.752. The summed E-state index contributed by atoms with van der Waals surface area (Å²) < 4.78 is 3.77. The number of carbonyl (C=O) groups excluding carboxylic acids is 1. The van der Waals surface area contributed by atoms with Crippen LogP contribution in [0.2, 0.25) is 0 Å². The van der Waals surface area contributed by atoms with Gasteiger partial charge in [-0.1, -0.05) is 15.9 Å². The molecule has 0 aliphatic heterocycles. The fourth-order valence-electron chi connectivity index (χ4n) is 1.81. The van der Waals surface area contributed by atoms with E-state index in [0.717, 1.165) is 28.3 Å². The van der Waals surface area contributed by atoms with Crippen molar-refractivity contribution < 1.29 is 4.79 Å². The minimum Gasteiger partial charge on any atom is -0.352 e. The molecule has 106 valence electrons. The van der Waals surface area contributed by atoms with Crippen LogP contribution in [0.5, 0.6) is 0 Å². The Morgan fingerprint density at radius 1 is 1.30 bits per heavy atom. The van der Waals surface area contributed by atoms with Crippen LogP contribution in [0.15, 0.2) is 45.9 Å². The summed E-state index contributed by atoms with van der Waals surface area (Å²) in [6.45, 7) is 1.61. The molecule has 1 amide bonds. The van der Waals surface area contributed by atoms with Crippen LogP contribution in [-0.4, -0.2) is 22.0 Å². The molecule has 0 spiro atoms. The van der Waals surface area contributed by atoms with Crippen LogP contribution in [0.4, 0.5) is 0 Å². The first-order valence-electron chi connectivity index (χ1n) is 6.36. The highest BCUT2D eigenvalue weighted by Gasteiger charge is 2.09. The summed E-state index contributed by atoms with van der Waals surface area (Å²) in [5.74, 6) is -0.0491. The number of hydrogen-bond acceptors (Lipinski definition) is 2. The number of unbranched alkanes of at least 4 members (excludes halogenated alkanes) is 1. The molecule has 1 aromatic heterocycles. The number of benzene rings is 1. The van der Waals surface area contributed by atoms with E-state index in [2.05, 4.69) is 42.2 Å². The van der Waals surface area contributed by atoms with E-state index in [4.69, 9.17) is 0 Å². The van der Waals surface area contributed by atoms with Crippen molar-refractivity contribution in [3.63, 3.8) is 0 Å². The minimum absolute atomic E-state index is 0.0491. The smallest absolute Gasteiger partial charge is 0.252 e. The van der Waals surface area contributed by atoms with Gasteiger partial charge in [0.1, 0.15) is 0 Å². The molecule has 0 atom stereocenters. The Morgan fingerprint density at radius 2 is 2.15 bits per heavy atom. The van der Waals surface area contributed by atoms with Crippen LogP contribution >= 0.6 is 31.9 Å². The van der Waals surface area contributed by atoms with Crippen molar-refractivity contribution in [3.05, 3.63) is 51.4 Å². The maximum atomic E-state index is 12.0. The zero-order chi connectivity index (χ0) is 14.4. The standard InChI is InChI=1S/C14H15Br2N3O/c15-11-3-4-12(13(16)9-11)14(20)18-5-1-2-7-19-8-6-17-10-19/h3-4,6,8-10H,1-2,5,7H2,(H,18,20). The molecule has 0 radical (unpaired) electrons. The SMILES string of the molecule is O=C(NCCCCn1ccnc1)c1ccc(Br)cc1Br. The van der Waals surface area contributed by atoms with Gasteiger partial charge in [-0.15, -0.1) is 0 Å². The van der Waals surface area contributed by atoms with Crippen molar-refractivity contribution in [2.75, 3.05) is 6.54 Å². The Kier molecular flexibility index (Phi) is 5.79. The predicted octanol–water partition coefficient (Wildman–Crippen LogP) is 3.62. The third kappa shape index (κ3) is 4.45. The maximum absolute atomic E-state index is 12.0. The lowest BCUT2D eigenvalue weighted by Gasteiger charge is -2.07. The van der Waals surface area contributed by atoms with Crippen LogP contribution in [0.25, 0.3) is 0 Å². The highest BCUT2D eigenvalue weighted by molar-refractivity contribution is 9.11. The molecule has 0 aliphatic rings. The number of aromatic nitrogens is 2. The lowest BCUT2D eigenvalue weighted by molar-refractivity contribution is 0.0952. The van der Waals surface area contributed by atoms with E-state index in [1.807, 2.05) is 22.9 Å². The normalized spacial score (nSPS) is 10.5. The van der Waals surface area contributed by atoms with Crippen molar-refractivity contribution >= 4 is 37.8 Å². The molecule has 20 heavy (non-hydrogen) atoms. The van der Waals surface area contributed by atoms with Gasteiger partial charge in [0.2, 0.25) is 0 Å². The highest BCUT2D eigenvalue weighted by atomic mass is 79.9. The minimum atomic E-state index is -0.0491. The van der Waals surface area contributed by atoms with Gasteiger partial charge in [0, 0.05) is 34.4 Å². The van der Waals surface area contributed by atoms with E-state index < -0.39 is 0 Å². The number of imidazole rings is 1. The van der Waals surface area contributed by atoms with E-state index in [9.17, 15) is 4.79 Å². The molecule has 0 aliphatic carbocycles. The molecule has 1 aromatic carbocycles. The van der Waals surface area contributed by atoms with E-state index in [1.165, 1.54) is 0 Å². The summed E-state index contributed by atoms with van der Waals surface area (Å²) >= 11 is 6.76. The first-order chi connectivity index (χ1) is 9.66. The third-order valence-corrected chi connectivity index (χ3v) is 4.01. The average Bonchev–Trinajstić information content (AvgIpc) is 2.91. The van der Waals surface area contributed by atoms with Gasteiger partial charge in [0.05, 0.1) is 11.9 Å². The molecule has 1 N–H and O–H groups in total. The number of carbonyl (C=O) groups is 1. The monoisotopic (exact) mass is 399 g/mol. The largest absolute Gasteiger partial charge is 0.352 e. The predicted molar refractivity (Wildman–Crippen MR) is 85.6 cm³/mol. The number of amides is 1. The Balaban J connectivity index is 1.72. The van der Waals surface area contributed by atoms with E-state index in [1.54, 1.807) is 18.6 Å². The van der Waals surface area contributed by atoms with Gasteiger partial charge in [-0.05, 0) is 47.0 Å². The zero-order valence-corrected chi connectivity index (χ0v) is 14.0. The molecule has 4 nitrogen and oxygen atoms in total. The highest BCUT2D eigenvalue weighted by Crippen LogP contribution is 2.21. The second-order valence-corrected chi connectivity index (χ2v) is 6.16. The van der Waals surface area contributed by atoms with Crippen LogP contribution < -0.4 is 5.32 Å². The van der Waals surface area contributed by atoms with Gasteiger partial charge in [-0.3, -0.25) is 4.79 Å². The Bertz CT molecular complexity index is 570. The van der Waals surface area contributed by atoms with E-state index in [-0.39, 0.29) is 5.91 Å². The summed E-state index contributed by atoms with van der Waals surface area (Å²) in [5.41, 5.74) is 0.655. The third-order valence-electron chi connectivity index (χ3n) is 2.86. The van der Waals surface area contributed by atoms with Gasteiger partial charge in [-0.25, -0.2) is 4.98 Å². The summed E-state index contributed by atoms with van der Waals surface area (Å²) in [6, 6.07) is 5.53. The van der Waals surface area contributed by atoms with Crippen molar-refractivity contribution in [2.24, 2.45) is 0 Å². The lowest BCUT2D eigenvalue weighted by atomic mass is 10.2. The summed E-state index contributed by atoms with van der Waals surface area (Å²) in [7, 11) is 0. The van der Waals surface area contributed by atoms with Crippen LogP contribution in [0.1, 0.15) is 23.2 Å². The molecule has 6 heteroatoms. The van der Waals surface area contributed by atoms with Gasteiger partial charge < -0.3 is 9.88 Å². The van der Waals surface area contributed by atoms with Gasteiger partial charge in [-0.2, -0.15) is 0 Å². The maximum Gasteiger partial charge on any atom is 0.252 e. The fraction of sp³-hybridized carbons (Fsp3) is 0.286. The van der Waals surface area contributed by atoms with Gasteiger partial charge >= 0.3 is 0 Å². The molecular formula is C14H15Br2N3O. The number of nitrogens with zero attached hydrogens (tertiary/aromatic N) is 2. The molecule has 0 fully saturated rings. The number of hydrogen-bond donors (Lipinski definition) is 1. The molecule has 0 bridgehead atoms. The molecule has 2 aromatic rings. The molecule has 2 rings (SSSR count). The number of aryl methyl sites for hydroxylation is 1. The van der Waals surface area contributed by atoms with Crippen molar-refractivity contribution in [1.29, 1.82) is 0 Å². The number of nitrogens with one attached hydrogen (secondary N) is 1. The van der Waals surface area contributed by atoms with Crippen molar-refractivity contribution in [3.8, 4) is 0 Å². The summed E-state index contributed by atoms with van der Waals surface area (Å²) in [6.07, 6.45) is 7.47. The molecule has 0 saturated heterocycles. The summed E-state index contributed by atoms with van der Waals surface area (Å²) in [4.78, 5) is 16.0. The van der Waals surface area contributed by atoms with Crippen molar-refractivity contribution in [1.82, 2.24) is 14.9 Å². The summed E-state index contributed by atoms with van der Waals surface area (Å²) in [5, 5.41) is 2.93. The van der Waals surface area contributed by atoms with Gasteiger partial charge in [0.15, 0.2) is 0 Å². The van der Waals surface area contributed by atoms with Crippen LogP contribution in [0, 0.1) is 0 Å². The Hall–Kier alpha value is -1.14. The van der Waals surface area contributed by atoms with E-state index in [0.29, 0.717) is 12.1 Å². The molecule has 0 unspecified atom stereocenters. The molecule has 1 heterocycles. The van der Waals surface area contributed by atoms with E-state index >= 15 is 0 Å². The Morgan fingerprint density at radius 3 is 2.85 bits per heavy atom. The first kappa shape index (κ1) is 15.3. The zero-order valence-electron chi connectivity index (χ0n) is 10.9. The fourth-order valence-corrected chi connectivity index (χ4v) is 3.04. The number of halogens is 2.